The number of rotatable bonds is 6. The fraction of sp³-hybridized carbons (Fsp3) is 0.176. The van der Waals surface area contributed by atoms with Gasteiger partial charge < -0.3 is 10.1 Å². The molecule has 0 fully saturated rings. The van der Waals surface area contributed by atoms with Crippen molar-refractivity contribution < 1.29 is 18.7 Å². The Labute approximate surface area is 127 Å². The van der Waals surface area contributed by atoms with E-state index in [9.17, 15) is 14.0 Å². The SMILES string of the molecule is CCC(=O)c1ccc(OCC(=O)Nc2cccc(F)c2)cc1. The number of carbonyl (C=O) groups is 2. The zero-order valence-electron chi connectivity index (χ0n) is 12.1. The highest BCUT2D eigenvalue weighted by Gasteiger charge is 2.06. The number of ketones is 1. The molecular weight excluding hydrogens is 285 g/mol. The van der Waals surface area contributed by atoms with Gasteiger partial charge in [-0.25, -0.2) is 4.39 Å². The monoisotopic (exact) mass is 301 g/mol. The molecule has 0 aromatic heterocycles. The summed E-state index contributed by atoms with van der Waals surface area (Å²) in [6.45, 7) is 1.60. The second kappa shape index (κ2) is 7.36. The summed E-state index contributed by atoms with van der Waals surface area (Å²) in [6.07, 6.45) is 0.441. The first-order valence-corrected chi connectivity index (χ1v) is 6.90. The molecule has 22 heavy (non-hydrogen) atoms. The predicted molar refractivity (Wildman–Crippen MR) is 81.6 cm³/mol. The van der Waals surface area contributed by atoms with Crippen molar-refractivity contribution in [2.24, 2.45) is 0 Å². The molecule has 4 nitrogen and oxygen atoms in total. The Hall–Kier alpha value is -2.69. The van der Waals surface area contributed by atoms with Crippen LogP contribution in [-0.2, 0) is 4.79 Å². The fourth-order valence-corrected chi connectivity index (χ4v) is 1.85. The number of hydrogen-bond acceptors (Lipinski definition) is 3. The minimum absolute atomic E-state index is 0.0513. The molecule has 0 heterocycles. The number of carbonyl (C=O) groups excluding carboxylic acids is 2. The van der Waals surface area contributed by atoms with E-state index in [1.165, 1.54) is 18.2 Å². The second-order valence-electron chi connectivity index (χ2n) is 4.65. The molecule has 1 amide bonds. The van der Waals surface area contributed by atoms with Crippen LogP contribution in [0.2, 0.25) is 0 Å². The molecule has 0 unspecified atom stereocenters. The van der Waals surface area contributed by atoms with E-state index in [0.717, 1.165) is 0 Å². The quantitative estimate of drug-likeness (QED) is 0.832. The topological polar surface area (TPSA) is 55.4 Å². The van der Waals surface area contributed by atoms with Gasteiger partial charge in [0.2, 0.25) is 0 Å². The van der Waals surface area contributed by atoms with Crippen LogP contribution in [-0.4, -0.2) is 18.3 Å². The van der Waals surface area contributed by atoms with Crippen LogP contribution in [0.5, 0.6) is 5.75 Å². The minimum Gasteiger partial charge on any atom is -0.484 e. The molecule has 2 aromatic carbocycles. The molecule has 0 aliphatic heterocycles. The molecule has 114 valence electrons. The van der Waals surface area contributed by atoms with Crippen molar-refractivity contribution in [3.63, 3.8) is 0 Å². The summed E-state index contributed by atoms with van der Waals surface area (Å²) in [5.41, 5.74) is 0.983. The molecule has 1 N–H and O–H groups in total. The molecule has 5 heteroatoms. The molecular formula is C17H16FNO3. The highest BCUT2D eigenvalue weighted by atomic mass is 19.1. The first-order valence-electron chi connectivity index (χ1n) is 6.90. The van der Waals surface area contributed by atoms with Gasteiger partial charge in [-0.05, 0) is 42.5 Å². The van der Waals surface area contributed by atoms with Gasteiger partial charge in [0.25, 0.3) is 5.91 Å². The number of benzene rings is 2. The van der Waals surface area contributed by atoms with Crippen molar-refractivity contribution >= 4 is 17.4 Å². The second-order valence-corrected chi connectivity index (χ2v) is 4.65. The van der Waals surface area contributed by atoms with Crippen LogP contribution >= 0.6 is 0 Å². The Balaban J connectivity index is 1.87. The molecule has 2 aromatic rings. The molecule has 0 atom stereocenters. The summed E-state index contributed by atoms with van der Waals surface area (Å²) in [5.74, 6) is -0.272. The van der Waals surface area contributed by atoms with Crippen LogP contribution < -0.4 is 10.1 Å². The third-order valence-corrected chi connectivity index (χ3v) is 2.98. The fourth-order valence-electron chi connectivity index (χ4n) is 1.85. The Kier molecular flexibility index (Phi) is 5.25. The first-order chi connectivity index (χ1) is 10.6. The molecule has 0 aliphatic carbocycles. The van der Waals surface area contributed by atoms with Crippen LogP contribution in [0.1, 0.15) is 23.7 Å². The average molecular weight is 301 g/mol. The summed E-state index contributed by atoms with van der Waals surface area (Å²) in [6, 6.07) is 12.2. The van der Waals surface area contributed by atoms with E-state index in [-0.39, 0.29) is 18.3 Å². The maximum atomic E-state index is 13.0. The lowest BCUT2D eigenvalue weighted by Crippen LogP contribution is -2.20. The van der Waals surface area contributed by atoms with Crippen LogP contribution in [0.3, 0.4) is 0 Å². The van der Waals surface area contributed by atoms with E-state index in [1.54, 1.807) is 37.3 Å². The maximum absolute atomic E-state index is 13.0. The smallest absolute Gasteiger partial charge is 0.262 e. The molecule has 0 aliphatic rings. The lowest BCUT2D eigenvalue weighted by Gasteiger charge is -2.08. The van der Waals surface area contributed by atoms with Gasteiger partial charge in [0.05, 0.1) is 0 Å². The molecule has 0 saturated heterocycles. The highest BCUT2D eigenvalue weighted by molar-refractivity contribution is 5.96. The standard InChI is InChI=1S/C17H16FNO3/c1-2-16(20)12-6-8-15(9-7-12)22-11-17(21)19-14-5-3-4-13(18)10-14/h3-10H,2,11H2,1H3,(H,19,21). The number of hydrogen-bond donors (Lipinski definition) is 1. The Morgan fingerprint density at radius 3 is 2.50 bits per heavy atom. The van der Waals surface area contributed by atoms with Crippen molar-refractivity contribution in [2.75, 3.05) is 11.9 Å². The van der Waals surface area contributed by atoms with E-state index < -0.39 is 5.82 Å². The van der Waals surface area contributed by atoms with Crippen LogP contribution in [0.25, 0.3) is 0 Å². The van der Waals surface area contributed by atoms with Gasteiger partial charge in [-0.1, -0.05) is 13.0 Å². The number of ether oxygens (including phenoxy) is 1. The molecule has 0 saturated carbocycles. The van der Waals surface area contributed by atoms with Gasteiger partial charge in [0.1, 0.15) is 11.6 Å². The summed E-state index contributed by atoms with van der Waals surface area (Å²) in [4.78, 5) is 23.2. The van der Waals surface area contributed by atoms with Gasteiger partial charge in [-0.15, -0.1) is 0 Å². The molecule has 0 spiro atoms. The Morgan fingerprint density at radius 2 is 1.86 bits per heavy atom. The van der Waals surface area contributed by atoms with Crippen molar-refractivity contribution in [3.05, 3.63) is 59.9 Å². The van der Waals surface area contributed by atoms with Crippen molar-refractivity contribution in [2.45, 2.75) is 13.3 Å². The average Bonchev–Trinajstić information content (AvgIpc) is 2.52. The van der Waals surface area contributed by atoms with E-state index in [1.807, 2.05) is 0 Å². The van der Waals surface area contributed by atoms with Crippen LogP contribution in [0.4, 0.5) is 10.1 Å². The molecule has 0 bridgehead atoms. The van der Waals surface area contributed by atoms with Gasteiger partial charge in [-0.2, -0.15) is 0 Å². The van der Waals surface area contributed by atoms with E-state index in [0.29, 0.717) is 23.4 Å². The largest absolute Gasteiger partial charge is 0.484 e. The van der Waals surface area contributed by atoms with Crippen molar-refractivity contribution in [3.8, 4) is 5.75 Å². The number of nitrogens with one attached hydrogen (secondary N) is 1. The molecule has 0 radical (unpaired) electrons. The normalized spacial score (nSPS) is 10.1. The summed E-state index contributed by atoms with van der Waals surface area (Å²) in [5, 5.41) is 2.53. The van der Waals surface area contributed by atoms with Crippen LogP contribution in [0, 0.1) is 5.82 Å². The highest BCUT2D eigenvalue weighted by Crippen LogP contribution is 2.14. The van der Waals surface area contributed by atoms with E-state index in [4.69, 9.17) is 4.74 Å². The molecule has 2 rings (SSSR count). The summed E-state index contributed by atoms with van der Waals surface area (Å²) < 4.78 is 18.3. The van der Waals surface area contributed by atoms with Crippen molar-refractivity contribution in [1.29, 1.82) is 0 Å². The predicted octanol–water partition coefficient (Wildman–Crippen LogP) is 3.44. The lowest BCUT2D eigenvalue weighted by atomic mass is 10.1. The van der Waals surface area contributed by atoms with E-state index >= 15 is 0 Å². The minimum atomic E-state index is -0.421. The number of halogens is 1. The number of Topliss-reactive ketones (excluding diaryl/α,β-unsaturated/α-hetero) is 1. The maximum Gasteiger partial charge on any atom is 0.262 e. The first kappa shape index (κ1) is 15.7. The summed E-state index contributed by atoms with van der Waals surface area (Å²) in [7, 11) is 0. The van der Waals surface area contributed by atoms with Gasteiger partial charge in [0, 0.05) is 17.7 Å². The zero-order chi connectivity index (χ0) is 15.9. The Bertz CT molecular complexity index is 668. The number of anilines is 1. The van der Waals surface area contributed by atoms with Gasteiger partial charge in [-0.3, -0.25) is 9.59 Å². The zero-order valence-corrected chi connectivity index (χ0v) is 12.1. The third-order valence-electron chi connectivity index (χ3n) is 2.98. The number of amides is 1. The third kappa shape index (κ3) is 4.41. The Morgan fingerprint density at radius 1 is 1.14 bits per heavy atom. The lowest BCUT2D eigenvalue weighted by molar-refractivity contribution is -0.118. The van der Waals surface area contributed by atoms with Crippen LogP contribution in [0.15, 0.2) is 48.5 Å². The summed E-state index contributed by atoms with van der Waals surface area (Å²) >= 11 is 0. The van der Waals surface area contributed by atoms with Gasteiger partial charge >= 0.3 is 0 Å². The van der Waals surface area contributed by atoms with E-state index in [2.05, 4.69) is 5.32 Å². The van der Waals surface area contributed by atoms with Gasteiger partial charge in [0.15, 0.2) is 12.4 Å². The van der Waals surface area contributed by atoms with Crippen molar-refractivity contribution in [1.82, 2.24) is 0 Å².